The van der Waals surface area contributed by atoms with E-state index in [9.17, 15) is 4.79 Å². The van der Waals surface area contributed by atoms with Gasteiger partial charge in [0.1, 0.15) is 5.78 Å². The third-order valence-corrected chi connectivity index (χ3v) is 5.51. The van der Waals surface area contributed by atoms with Gasteiger partial charge in [0, 0.05) is 5.41 Å². The molecule has 1 heteroatoms. The molecule has 0 aliphatic heterocycles. The molecule has 16 heavy (non-hydrogen) atoms. The van der Waals surface area contributed by atoms with Crippen LogP contribution in [0, 0.1) is 22.7 Å². The molecule has 0 N–H and O–H groups in total. The molecule has 0 radical (unpaired) electrons. The topological polar surface area (TPSA) is 17.1 Å². The van der Waals surface area contributed by atoms with Crippen LogP contribution in [0.5, 0.6) is 0 Å². The third-order valence-electron chi connectivity index (χ3n) is 5.51. The van der Waals surface area contributed by atoms with E-state index in [0.717, 1.165) is 17.9 Å². The molecule has 3 atom stereocenters. The zero-order valence-corrected chi connectivity index (χ0v) is 11.1. The van der Waals surface area contributed by atoms with E-state index in [0.29, 0.717) is 11.7 Å². The summed E-state index contributed by atoms with van der Waals surface area (Å²) in [5.41, 5.74) is 1.22. The first-order valence-electron chi connectivity index (χ1n) is 6.48. The highest BCUT2D eigenvalue weighted by molar-refractivity contribution is 5.84. The molecule has 0 spiro atoms. The molecule has 2 bridgehead atoms. The number of Topliss-reactive ketones (excluding diaryl/α,β-unsaturated/α-hetero) is 1. The van der Waals surface area contributed by atoms with Gasteiger partial charge in [-0.25, -0.2) is 0 Å². The lowest BCUT2D eigenvalue weighted by atomic mass is 9.54. The normalized spacial score (nSPS) is 40.0. The maximum atomic E-state index is 12.3. The molecule has 2 fully saturated rings. The van der Waals surface area contributed by atoms with Crippen molar-refractivity contribution in [3.05, 3.63) is 12.2 Å². The summed E-state index contributed by atoms with van der Waals surface area (Å²) >= 11 is 0. The van der Waals surface area contributed by atoms with Gasteiger partial charge in [-0.3, -0.25) is 4.79 Å². The summed E-state index contributed by atoms with van der Waals surface area (Å²) in [5, 5.41) is 0. The van der Waals surface area contributed by atoms with Gasteiger partial charge in [-0.1, -0.05) is 19.4 Å². The van der Waals surface area contributed by atoms with Gasteiger partial charge in [0.05, 0.1) is 0 Å². The Morgan fingerprint density at radius 1 is 1.25 bits per heavy atom. The van der Waals surface area contributed by atoms with Gasteiger partial charge in [0.25, 0.3) is 0 Å². The van der Waals surface area contributed by atoms with E-state index in [2.05, 4.69) is 27.4 Å². The summed E-state index contributed by atoms with van der Waals surface area (Å²) in [4.78, 5) is 12.3. The Hall–Kier alpha value is -0.590. The number of hydrogen-bond acceptors (Lipinski definition) is 1. The molecule has 0 aromatic heterocycles. The lowest BCUT2D eigenvalue weighted by Crippen LogP contribution is -2.48. The maximum absolute atomic E-state index is 12.3. The number of carbonyl (C=O) groups excluding carboxylic acids is 1. The molecular formula is C15H24O. The molecule has 0 saturated heterocycles. The quantitative estimate of drug-likeness (QED) is 0.657. The zero-order valence-electron chi connectivity index (χ0n) is 11.1. The van der Waals surface area contributed by atoms with E-state index in [-0.39, 0.29) is 10.8 Å². The van der Waals surface area contributed by atoms with Gasteiger partial charge in [-0.2, -0.15) is 0 Å². The molecule has 3 unspecified atom stereocenters. The Morgan fingerprint density at radius 2 is 1.81 bits per heavy atom. The molecule has 0 aromatic carbocycles. The molecule has 2 aliphatic carbocycles. The SMILES string of the molecule is C=C(C)CC1(C(C)=O)C2CCC(C2)C1(C)C. The number of rotatable bonds is 3. The van der Waals surface area contributed by atoms with Crippen molar-refractivity contribution in [1.29, 1.82) is 0 Å². The van der Waals surface area contributed by atoms with Crippen LogP contribution in [-0.2, 0) is 4.79 Å². The second-order valence-corrected chi connectivity index (χ2v) is 6.59. The van der Waals surface area contributed by atoms with Crippen molar-refractivity contribution in [2.24, 2.45) is 22.7 Å². The molecular weight excluding hydrogens is 196 g/mol. The van der Waals surface area contributed by atoms with Gasteiger partial charge in [-0.15, -0.1) is 6.58 Å². The predicted octanol–water partition coefficient (Wildman–Crippen LogP) is 3.98. The first kappa shape index (κ1) is 11.9. The van der Waals surface area contributed by atoms with Crippen molar-refractivity contribution >= 4 is 5.78 Å². The lowest BCUT2D eigenvalue weighted by Gasteiger charge is -2.48. The summed E-state index contributed by atoms with van der Waals surface area (Å²) in [7, 11) is 0. The van der Waals surface area contributed by atoms with Gasteiger partial charge < -0.3 is 0 Å². The van der Waals surface area contributed by atoms with E-state index in [4.69, 9.17) is 0 Å². The molecule has 0 heterocycles. The van der Waals surface area contributed by atoms with Crippen LogP contribution in [0.4, 0.5) is 0 Å². The fraction of sp³-hybridized carbons (Fsp3) is 0.800. The average Bonchev–Trinajstić information content (AvgIpc) is 2.66. The lowest BCUT2D eigenvalue weighted by molar-refractivity contribution is -0.138. The molecule has 2 aliphatic rings. The fourth-order valence-corrected chi connectivity index (χ4v) is 4.69. The van der Waals surface area contributed by atoms with Crippen molar-refractivity contribution in [3.63, 3.8) is 0 Å². The number of allylic oxidation sites excluding steroid dienone is 1. The molecule has 2 rings (SSSR count). The van der Waals surface area contributed by atoms with E-state index < -0.39 is 0 Å². The minimum absolute atomic E-state index is 0.109. The van der Waals surface area contributed by atoms with Crippen molar-refractivity contribution in [2.75, 3.05) is 0 Å². The van der Waals surface area contributed by atoms with Gasteiger partial charge in [0.15, 0.2) is 0 Å². The van der Waals surface area contributed by atoms with E-state index in [1.54, 1.807) is 6.92 Å². The Balaban J connectivity index is 2.46. The van der Waals surface area contributed by atoms with Gasteiger partial charge >= 0.3 is 0 Å². The van der Waals surface area contributed by atoms with Crippen LogP contribution in [0.1, 0.15) is 53.4 Å². The van der Waals surface area contributed by atoms with Gasteiger partial charge in [-0.05, 0) is 56.8 Å². The molecule has 2 saturated carbocycles. The largest absolute Gasteiger partial charge is 0.299 e. The van der Waals surface area contributed by atoms with Crippen molar-refractivity contribution in [1.82, 2.24) is 0 Å². The van der Waals surface area contributed by atoms with E-state index in [1.807, 2.05) is 0 Å². The average molecular weight is 220 g/mol. The minimum Gasteiger partial charge on any atom is -0.299 e. The summed E-state index contributed by atoms with van der Waals surface area (Å²) in [6, 6.07) is 0. The van der Waals surface area contributed by atoms with Crippen LogP contribution in [0.15, 0.2) is 12.2 Å². The van der Waals surface area contributed by atoms with E-state index >= 15 is 0 Å². The minimum atomic E-state index is -0.109. The second kappa shape index (κ2) is 3.45. The van der Waals surface area contributed by atoms with Crippen molar-refractivity contribution in [2.45, 2.75) is 53.4 Å². The second-order valence-electron chi connectivity index (χ2n) is 6.59. The van der Waals surface area contributed by atoms with Crippen LogP contribution < -0.4 is 0 Å². The third kappa shape index (κ3) is 1.26. The summed E-state index contributed by atoms with van der Waals surface area (Å²) < 4.78 is 0. The first-order valence-corrected chi connectivity index (χ1v) is 6.48. The Kier molecular flexibility index (Phi) is 2.56. The summed E-state index contributed by atoms with van der Waals surface area (Å²) in [6.07, 6.45) is 4.74. The number of ketones is 1. The van der Waals surface area contributed by atoms with Crippen LogP contribution in [0.2, 0.25) is 0 Å². The monoisotopic (exact) mass is 220 g/mol. The summed E-state index contributed by atoms with van der Waals surface area (Å²) in [6.45, 7) is 12.5. The Labute approximate surface area is 99.3 Å². The van der Waals surface area contributed by atoms with Crippen LogP contribution >= 0.6 is 0 Å². The summed E-state index contributed by atoms with van der Waals surface area (Å²) in [5.74, 6) is 1.76. The standard InChI is InChI=1S/C15H24O/c1-10(2)9-15(11(3)16)13-7-6-12(8-13)14(15,4)5/h12-13H,1,6-9H2,2-5H3. The number of carbonyl (C=O) groups is 1. The highest BCUT2D eigenvalue weighted by Crippen LogP contribution is 2.68. The molecule has 0 amide bonds. The highest BCUT2D eigenvalue weighted by atomic mass is 16.1. The first-order chi connectivity index (χ1) is 7.32. The Morgan fingerprint density at radius 3 is 2.19 bits per heavy atom. The zero-order chi connectivity index (χ0) is 12.1. The van der Waals surface area contributed by atoms with Crippen LogP contribution in [0.25, 0.3) is 0 Å². The maximum Gasteiger partial charge on any atom is 0.137 e. The molecule has 0 aromatic rings. The van der Waals surface area contributed by atoms with Crippen LogP contribution in [0.3, 0.4) is 0 Å². The highest BCUT2D eigenvalue weighted by Gasteiger charge is 2.64. The molecule has 1 nitrogen and oxygen atoms in total. The fourth-order valence-electron chi connectivity index (χ4n) is 4.69. The van der Waals surface area contributed by atoms with Crippen molar-refractivity contribution < 1.29 is 4.79 Å². The van der Waals surface area contributed by atoms with E-state index in [1.165, 1.54) is 19.3 Å². The van der Waals surface area contributed by atoms with Gasteiger partial charge in [0.2, 0.25) is 0 Å². The molecule has 90 valence electrons. The smallest absolute Gasteiger partial charge is 0.137 e. The number of hydrogen-bond donors (Lipinski definition) is 0. The predicted molar refractivity (Wildman–Crippen MR) is 67.2 cm³/mol. The Bertz CT molecular complexity index is 339. The van der Waals surface area contributed by atoms with Crippen molar-refractivity contribution in [3.8, 4) is 0 Å². The van der Waals surface area contributed by atoms with Crippen LogP contribution in [-0.4, -0.2) is 5.78 Å². The number of fused-ring (bicyclic) bond motifs is 2.